The zero-order valence-corrected chi connectivity index (χ0v) is 11.9. The Kier molecular flexibility index (Phi) is 6.09. The van der Waals surface area contributed by atoms with Crippen molar-refractivity contribution in [2.24, 2.45) is 0 Å². The molecule has 0 aliphatic carbocycles. The van der Waals surface area contributed by atoms with Crippen LogP contribution in [0.25, 0.3) is 0 Å². The first-order valence-electron chi connectivity index (χ1n) is 6.58. The fourth-order valence-corrected chi connectivity index (χ4v) is 1.88. The summed E-state index contributed by atoms with van der Waals surface area (Å²) >= 11 is 0. The van der Waals surface area contributed by atoms with Crippen LogP contribution in [0.3, 0.4) is 0 Å². The number of aliphatic hydroxyl groups excluding tert-OH is 1. The molecule has 0 saturated carbocycles. The number of hydrogen-bond acceptors (Lipinski definition) is 4. The van der Waals surface area contributed by atoms with Gasteiger partial charge in [-0.2, -0.15) is 0 Å². The number of anilines is 1. The van der Waals surface area contributed by atoms with E-state index in [2.05, 4.69) is 35.8 Å². The molecule has 1 N–H and O–H groups in total. The Morgan fingerprint density at radius 2 is 2.06 bits per heavy atom. The molecule has 4 heteroatoms. The third-order valence-corrected chi connectivity index (χ3v) is 2.99. The molecule has 102 valence electrons. The number of aliphatic hydroxyl groups is 1. The van der Waals surface area contributed by atoms with Gasteiger partial charge in [0.25, 0.3) is 0 Å². The summed E-state index contributed by atoms with van der Waals surface area (Å²) < 4.78 is 0. The van der Waals surface area contributed by atoms with Gasteiger partial charge in [-0.1, -0.05) is 0 Å². The van der Waals surface area contributed by atoms with E-state index in [1.54, 1.807) is 13.1 Å². The van der Waals surface area contributed by atoms with Crippen molar-refractivity contribution in [1.82, 2.24) is 9.88 Å². The SMILES string of the molecule is CCN(CCCN(C)C)c1cc([C@@H](C)O)ccn1. The van der Waals surface area contributed by atoms with E-state index in [0.717, 1.165) is 37.4 Å². The lowest BCUT2D eigenvalue weighted by molar-refractivity contribution is 0.199. The largest absolute Gasteiger partial charge is 0.389 e. The maximum Gasteiger partial charge on any atom is 0.128 e. The molecule has 0 fully saturated rings. The Labute approximate surface area is 110 Å². The lowest BCUT2D eigenvalue weighted by atomic mass is 10.1. The monoisotopic (exact) mass is 251 g/mol. The fourth-order valence-electron chi connectivity index (χ4n) is 1.88. The van der Waals surface area contributed by atoms with E-state index in [0.29, 0.717) is 0 Å². The van der Waals surface area contributed by atoms with Crippen molar-refractivity contribution >= 4 is 5.82 Å². The Balaban J connectivity index is 2.66. The predicted octanol–water partition coefficient (Wildman–Crippen LogP) is 1.91. The molecule has 0 bridgehead atoms. The van der Waals surface area contributed by atoms with E-state index >= 15 is 0 Å². The summed E-state index contributed by atoms with van der Waals surface area (Å²) in [5.41, 5.74) is 0.922. The summed E-state index contributed by atoms with van der Waals surface area (Å²) in [6.45, 7) is 6.91. The van der Waals surface area contributed by atoms with Gasteiger partial charge in [-0.05, 0) is 58.6 Å². The van der Waals surface area contributed by atoms with Gasteiger partial charge in [0, 0.05) is 19.3 Å². The van der Waals surface area contributed by atoms with Gasteiger partial charge in [-0.3, -0.25) is 0 Å². The van der Waals surface area contributed by atoms with Gasteiger partial charge < -0.3 is 14.9 Å². The van der Waals surface area contributed by atoms with E-state index in [1.165, 1.54) is 0 Å². The lowest BCUT2D eigenvalue weighted by Crippen LogP contribution is -2.27. The Bertz CT molecular complexity index is 353. The molecule has 0 unspecified atom stereocenters. The molecule has 1 heterocycles. The second-order valence-corrected chi connectivity index (χ2v) is 4.86. The zero-order chi connectivity index (χ0) is 13.5. The van der Waals surface area contributed by atoms with Crippen LogP contribution in [0.1, 0.15) is 31.9 Å². The molecule has 0 amide bonds. The highest BCUT2D eigenvalue weighted by molar-refractivity contribution is 5.41. The topological polar surface area (TPSA) is 39.6 Å². The zero-order valence-electron chi connectivity index (χ0n) is 11.9. The number of nitrogens with zero attached hydrogens (tertiary/aromatic N) is 3. The van der Waals surface area contributed by atoms with Gasteiger partial charge in [0.2, 0.25) is 0 Å². The second kappa shape index (κ2) is 7.34. The molecule has 0 saturated heterocycles. The van der Waals surface area contributed by atoms with Crippen LogP contribution in [-0.4, -0.2) is 48.7 Å². The molecule has 1 aromatic heterocycles. The van der Waals surface area contributed by atoms with Gasteiger partial charge in [-0.25, -0.2) is 4.98 Å². The highest BCUT2D eigenvalue weighted by Gasteiger charge is 2.08. The molecule has 0 aliphatic rings. The average Bonchev–Trinajstić information content (AvgIpc) is 2.34. The summed E-state index contributed by atoms with van der Waals surface area (Å²) in [4.78, 5) is 8.83. The van der Waals surface area contributed by atoms with Crippen molar-refractivity contribution < 1.29 is 5.11 Å². The average molecular weight is 251 g/mol. The Hall–Kier alpha value is -1.13. The molecule has 1 aromatic rings. The second-order valence-electron chi connectivity index (χ2n) is 4.86. The minimum atomic E-state index is -0.438. The molecule has 1 rings (SSSR count). The van der Waals surface area contributed by atoms with E-state index in [1.807, 2.05) is 12.1 Å². The van der Waals surface area contributed by atoms with Crippen LogP contribution in [0.15, 0.2) is 18.3 Å². The minimum Gasteiger partial charge on any atom is -0.389 e. The summed E-state index contributed by atoms with van der Waals surface area (Å²) in [5, 5.41) is 9.60. The Morgan fingerprint density at radius 1 is 1.33 bits per heavy atom. The third-order valence-electron chi connectivity index (χ3n) is 2.99. The summed E-state index contributed by atoms with van der Waals surface area (Å²) in [6.07, 6.45) is 2.44. The predicted molar refractivity (Wildman–Crippen MR) is 75.9 cm³/mol. The molecule has 4 nitrogen and oxygen atoms in total. The van der Waals surface area contributed by atoms with Crippen molar-refractivity contribution in [1.29, 1.82) is 0 Å². The van der Waals surface area contributed by atoms with Crippen molar-refractivity contribution in [2.45, 2.75) is 26.4 Å². The first-order chi connectivity index (χ1) is 8.54. The van der Waals surface area contributed by atoms with Crippen molar-refractivity contribution in [3.05, 3.63) is 23.9 Å². The normalized spacial score (nSPS) is 12.8. The number of hydrogen-bond donors (Lipinski definition) is 1. The van der Waals surface area contributed by atoms with Gasteiger partial charge in [-0.15, -0.1) is 0 Å². The van der Waals surface area contributed by atoms with Crippen LogP contribution in [0.5, 0.6) is 0 Å². The van der Waals surface area contributed by atoms with Crippen LogP contribution in [0.2, 0.25) is 0 Å². The molecule has 0 spiro atoms. The van der Waals surface area contributed by atoms with Crippen LogP contribution < -0.4 is 4.90 Å². The van der Waals surface area contributed by atoms with Crippen molar-refractivity contribution in [3.63, 3.8) is 0 Å². The summed E-state index contributed by atoms with van der Waals surface area (Å²) in [6, 6.07) is 3.84. The minimum absolute atomic E-state index is 0.438. The highest BCUT2D eigenvalue weighted by atomic mass is 16.3. The van der Waals surface area contributed by atoms with E-state index < -0.39 is 6.10 Å². The third kappa shape index (κ3) is 4.63. The summed E-state index contributed by atoms with van der Waals surface area (Å²) in [7, 11) is 4.17. The fraction of sp³-hybridized carbons (Fsp3) is 0.643. The van der Waals surface area contributed by atoms with Crippen molar-refractivity contribution in [2.75, 3.05) is 38.6 Å². The highest BCUT2D eigenvalue weighted by Crippen LogP contribution is 2.17. The van der Waals surface area contributed by atoms with E-state index in [-0.39, 0.29) is 0 Å². The summed E-state index contributed by atoms with van der Waals surface area (Å²) in [5.74, 6) is 0.953. The number of aromatic nitrogens is 1. The van der Waals surface area contributed by atoms with Crippen LogP contribution in [0.4, 0.5) is 5.82 Å². The molecule has 18 heavy (non-hydrogen) atoms. The van der Waals surface area contributed by atoms with Gasteiger partial charge in [0.15, 0.2) is 0 Å². The maximum atomic E-state index is 9.60. The molecular weight excluding hydrogens is 226 g/mol. The number of pyridine rings is 1. The first-order valence-corrected chi connectivity index (χ1v) is 6.58. The molecule has 1 atom stereocenters. The quantitative estimate of drug-likeness (QED) is 0.803. The van der Waals surface area contributed by atoms with Gasteiger partial charge in [0.05, 0.1) is 6.10 Å². The standard InChI is InChI=1S/C14H25N3O/c1-5-17(10-6-9-16(3)4)14-11-13(12(2)18)7-8-15-14/h7-8,11-12,18H,5-6,9-10H2,1-4H3/t12-/m1/s1. The van der Waals surface area contributed by atoms with E-state index in [9.17, 15) is 5.11 Å². The molecular formula is C14H25N3O. The lowest BCUT2D eigenvalue weighted by Gasteiger charge is -2.23. The molecule has 0 aromatic carbocycles. The van der Waals surface area contributed by atoms with E-state index in [4.69, 9.17) is 0 Å². The molecule has 0 radical (unpaired) electrons. The Morgan fingerprint density at radius 3 is 2.61 bits per heavy atom. The van der Waals surface area contributed by atoms with Gasteiger partial charge >= 0.3 is 0 Å². The smallest absolute Gasteiger partial charge is 0.128 e. The maximum absolute atomic E-state index is 9.60. The number of rotatable bonds is 7. The van der Waals surface area contributed by atoms with Crippen molar-refractivity contribution in [3.8, 4) is 0 Å². The molecule has 0 aliphatic heterocycles. The van der Waals surface area contributed by atoms with Crippen LogP contribution in [0, 0.1) is 0 Å². The van der Waals surface area contributed by atoms with Crippen LogP contribution in [-0.2, 0) is 0 Å². The van der Waals surface area contributed by atoms with Crippen LogP contribution >= 0.6 is 0 Å². The first kappa shape index (κ1) is 14.9. The van der Waals surface area contributed by atoms with Gasteiger partial charge in [0.1, 0.15) is 5.82 Å².